The zero-order valence-corrected chi connectivity index (χ0v) is 8.42. The lowest BCUT2D eigenvalue weighted by atomic mass is 9.96. The third-order valence-electron chi connectivity index (χ3n) is 3.87. The Morgan fingerprint density at radius 2 is 1.50 bits per heavy atom. The van der Waals surface area contributed by atoms with E-state index in [1.807, 2.05) is 0 Å². The van der Waals surface area contributed by atoms with Gasteiger partial charge in [0.05, 0.1) is 0 Å². The lowest BCUT2D eigenvalue weighted by Gasteiger charge is -2.13. The van der Waals surface area contributed by atoms with E-state index in [0.717, 1.165) is 17.9 Å². The Labute approximate surface area is 76.1 Å². The van der Waals surface area contributed by atoms with Crippen LogP contribution in [0.1, 0.15) is 39.5 Å². The molecule has 2 saturated heterocycles. The molecule has 0 radical (unpaired) electrons. The van der Waals surface area contributed by atoms with Crippen LogP contribution in [0, 0.1) is 11.8 Å². The molecular weight excluding hydrogens is 146 g/mol. The maximum Gasteiger partial charge on any atom is 0.0102 e. The van der Waals surface area contributed by atoms with Crippen LogP contribution in [-0.2, 0) is 0 Å². The summed E-state index contributed by atoms with van der Waals surface area (Å²) in [6.45, 7) is 7.48. The molecule has 0 amide bonds. The van der Waals surface area contributed by atoms with Gasteiger partial charge >= 0.3 is 0 Å². The van der Waals surface area contributed by atoms with E-state index in [4.69, 9.17) is 0 Å². The first-order valence-electron chi connectivity index (χ1n) is 5.57. The molecule has 0 aromatic carbocycles. The van der Waals surface area contributed by atoms with Crippen molar-refractivity contribution < 1.29 is 0 Å². The first-order valence-corrected chi connectivity index (χ1v) is 5.57. The third kappa shape index (κ3) is 1.39. The van der Waals surface area contributed by atoms with Crippen LogP contribution in [-0.4, -0.2) is 24.0 Å². The minimum Gasteiger partial charge on any atom is -0.300 e. The molecule has 2 aliphatic heterocycles. The molecule has 2 heterocycles. The molecule has 0 aromatic rings. The van der Waals surface area contributed by atoms with Gasteiger partial charge in [0.1, 0.15) is 0 Å². The van der Waals surface area contributed by atoms with Crippen molar-refractivity contribution in [1.29, 1.82) is 0 Å². The molecule has 0 aliphatic carbocycles. The molecule has 0 saturated carbocycles. The zero-order valence-electron chi connectivity index (χ0n) is 8.42. The molecule has 1 heteroatoms. The van der Waals surface area contributed by atoms with Crippen LogP contribution in [0.25, 0.3) is 0 Å². The second kappa shape index (κ2) is 3.37. The van der Waals surface area contributed by atoms with Gasteiger partial charge < -0.3 is 0 Å². The summed E-state index contributed by atoms with van der Waals surface area (Å²) >= 11 is 0. The number of hydrogen-bond acceptors (Lipinski definition) is 1. The molecule has 0 N–H and O–H groups in total. The van der Waals surface area contributed by atoms with Gasteiger partial charge in [-0.05, 0) is 24.7 Å². The number of hydrogen-bond donors (Lipinski definition) is 0. The summed E-state index contributed by atoms with van der Waals surface area (Å²) in [5, 5.41) is 0. The quantitative estimate of drug-likeness (QED) is 0.611. The molecule has 2 unspecified atom stereocenters. The average Bonchev–Trinajstić information content (AvgIpc) is 2.59. The maximum atomic E-state index is 2.74. The van der Waals surface area contributed by atoms with E-state index in [9.17, 15) is 0 Å². The highest BCUT2D eigenvalue weighted by Crippen LogP contribution is 2.36. The molecule has 70 valence electrons. The molecule has 0 bridgehead atoms. The van der Waals surface area contributed by atoms with Gasteiger partial charge in [0, 0.05) is 19.1 Å². The Balaban J connectivity index is 1.89. The molecule has 2 rings (SSSR count). The van der Waals surface area contributed by atoms with Gasteiger partial charge in [-0.25, -0.2) is 0 Å². The fourth-order valence-electron chi connectivity index (χ4n) is 2.94. The zero-order chi connectivity index (χ0) is 8.55. The number of rotatable bonds is 2. The molecule has 2 atom stereocenters. The predicted octanol–water partition coefficient (Wildman–Crippen LogP) is 2.52. The maximum absolute atomic E-state index is 2.74. The lowest BCUT2D eigenvalue weighted by Crippen LogP contribution is -2.23. The van der Waals surface area contributed by atoms with Gasteiger partial charge in [0.2, 0.25) is 0 Å². The highest BCUT2D eigenvalue weighted by molar-refractivity contribution is 4.92. The summed E-state index contributed by atoms with van der Waals surface area (Å²) < 4.78 is 0. The van der Waals surface area contributed by atoms with Crippen molar-refractivity contribution in [2.45, 2.75) is 45.6 Å². The van der Waals surface area contributed by atoms with Gasteiger partial charge in [-0.1, -0.05) is 26.7 Å². The first kappa shape index (κ1) is 8.55. The third-order valence-corrected chi connectivity index (χ3v) is 3.87. The molecular formula is C11H21N. The second-order valence-corrected chi connectivity index (χ2v) is 4.63. The van der Waals surface area contributed by atoms with E-state index in [2.05, 4.69) is 18.7 Å². The average molecular weight is 167 g/mol. The highest BCUT2D eigenvalue weighted by Gasteiger charge is 2.37. The Kier molecular flexibility index (Phi) is 2.40. The van der Waals surface area contributed by atoms with Crippen molar-refractivity contribution in [3.63, 3.8) is 0 Å². The van der Waals surface area contributed by atoms with E-state index < -0.39 is 0 Å². The van der Waals surface area contributed by atoms with Crippen molar-refractivity contribution in [3.05, 3.63) is 0 Å². The van der Waals surface area contributed by atoms with Gasteiger partial charge in [-0.3, -0.25) is 4.90 Å². The van der Waals surface area contributed by atoms with E-state index in [0.29, 0.717) is 0 Å². The van der Waals surface area contributed by atoms with Gasteiger partial charge in [-0.2, -0.15) is 0 Å². The second-order valence-electron chi connectivity index (χ2n) is 4.63. The Bertz CT molecular complexity index is 125. The van der Waals surface area contributed by atoms with Crippen molar-refractivity contribution in [2.75, 3.05) is 13.1 Å². The Hall–Kier alpha value is -0.0400. The molecule has 2 fully saturated rings. The van der Waals surface area contributed by atoms with Crippen LogP contribution >= 0.6 is 0 Å². The van der Waals surface area contributed by atoms with E-state index in [1.54, 1.807) is 0 Å². The standard InChI is InChI=1S/C11H21N/c1-3-9-5-11-6-10(4-2)8-12(11)7-9/h9-11H,3-8H2,1-2H3. The van der Waals surface area contributed by atoms with Crippen molar-refractivity contribution >= 4 is 0 Å². The highest BCUT2D eigenvalue weighted by atomic mass is 15.2. The van der Waals surface area contributed by atoms with Gasteiger partial charge in [0.15, 0.2) is 0 Å². The Morgan fingerprint density at radius 1 is 1.00 bits per heavy atom. The first-order chi connectivity index (χ1) is 5.83. The largest absolute Gasteiger partial charge is 0.300 e. The van der Waals surface area contributed by atoms with Crippen LogP contribution in [0.5, 0.6) is 0 Å². The van der Waals surface area contributed by atoms with E-state index >= 15 is 0 Å². The number of nitrogens with zero attached hydrogens (tertiary/aromatic N) is 1. The van der Waals surface area contributed by atoms with E-state index in [-0.39, 0.29) is 0 Å². The summed E-state index contributed by atoms with van der Waals surface area (Å²) in [7, 11) is 0. The fraction of sp³-hybridized carbons (Fsp3) is 1.00. The fourth-order valence-corrected chi connectivity index (χ4v) is 2.94. The van der Waals surface area contributed by atoms with Crippen LogP contribution in [0.3, 0.4) is 0 Å². The summed E-state index contributed by atoms with van der Waals surface area (Å²) in [5.41, 5.74) is 0. The molecule has 12 heavy (non-hydrogen) atoms. The minimum atomic E-state index is 0.972. The van der Waals surface area contributed by atoms with Gasteiger partial charge in [0.25, 0.3) is 0 Å². The van der Waals surface area contributed by atoms with Crippen molar-refractivity contribution in [3.8, 4) is 0 Å². The van der Waals surface area contributed by atoms with Crippen molar-refractivity contribution in [2.24, 2.45) is 11.8 Å². The lowest BCUT2D eigenvalue weighted by molar-refractivity contribution is 0.307. The normalized spacial score (nSPS) is 42.0. The topological polar surface area (TPSA) is 3.24 Å². The summed E-state index contributed by atoms with van der Waals surface area (Å²) in [6.07, 6.45) is 5.77. The summed E-state index contributed by atoms with van der Waals surface area (Å²) in [6, 6.07) is 0.972. The predicted molar refractivity (Wildman–Crippen MR) is 52.2 cm³/mol. The monoisotopic (exact) mass is 167 g/mol. The summed E-state index contributed by atoms with van der Waals surface area (Å²) in [4.78, 5) is 2.74. The van der Waals surface area contributed by atoms with Gasteiger partial charge in [-0.15, -0.1) is 0 Å². The SMILES string of the molecule is CCC1CC2CC(CC)CN2C1. The Morgan fingerprint density at radius 3 is 1.83 bits per heavy atom. The summed E-state index contributed by atoms with van der Waals surface area (Å²) in [5.74, 6) is 2.04. The molecule has 1 nitrogen and oxygen atoms in total. The molecule has 0 aromatic heterocycles. The van der Waals surface area contributed by atoms with E-state index in [1.165, 1.54) is 38.8 Å². The van der Waals surface area contributed by atoms with Crippen LogP contribution in [0.2, 0.25) is 0 Å². The van der Waals surface area contributed by atoms with Crippen LogP contribution < -0.4 is 0 Å². The molecule has 2 aliphatic rings. The molecule has 0 spiro atoms. The smallest absolute Gasteiger partial charge is 0.0102 e. The minimum absolute atomic E-state index is 0.972. The van der Waals surface area contributed by atoms with Crippen LogP contribution in [0.4, 0.5) is 0 Å². The number of fused-ring (bicyclic) bond motifs is 1. The van der Waals surface area contributed by atoms with Crippen LogP contribution in [0.15, 0.2) is 0 Å². The van der Waals surface area contributed by atoms with Crippen molar-refractivity contribution in [1.82, 2.24) is 4.90 Å².